The van der Waals surface area contributed by atoms with E-state index in [1.807, 2.05) is 44.7 Å². The molecule has 2 atom stereocenters. The lowest BCUT2D eigenvalue weighted by Crippen LogP contribution is -2.59. The molecule has 4 rings (SSSR count). The van der Waals surface area contributed by atoms with Crippen LogP contribution in [0.3, 0.4) is 0 Å². The van der Waals surface area contributed by atoms with Gasteiger partial charge in [-0.15, -0.1) is 0 Å². The number of pyridine rings is 1. The van der Waals surface area contributed by atoms with Crippen LogP contribution in [0.5, 0.6) is 0 Å². The minimum Gasteiger partial charge on any atom is -0.465 e. The molecule has 0 radical (unpaired) electrons. The second kappa shape index (κ2) is 11.0. The molecule has 4 heterocycles. The summed E-state index contributed by atoms with van der Waals surface area (Å²) < 4.78 is 21.0. The van der Waals surface area contributed by atoms with E-state index in [1.54, 1.807) is 4.90 Å². The Hall–Kier alpha value is -2.08. The third-order valence-corrected chi connectivity index (χ3v) is 10.3. The molecule has 0 aromatic carbocycles. The van der Waals surface area contributed by atoms with Gasteiger partial charge in [-0.1, -0.05) is 40.4 Å². The van der Waals surface area contributed by atoms with Crippen molar-refractivity contribution in [2.24, 2.45) is 5.41 Å². The molecule has 0 aliphatic carbocycles. The smallest absolute Gasteiger partial charge is 0.465 e. The molecule has 40 heavy (non-hydrogen) atoms. The molecule has 9 nitrogen and oxygen atoms in total. The van der Waals surface area contributed by atoms with Crippen molar-refractivity contribution in [3.05, 3.63) is 18.5 Å². The molecule has 2 unspecified atom stereocenters. The summed E-state index contributed by atoms with van der Waals surface area (Å²) in [5, 5.41) is 14.8. The first-order chi connectivity index (χ1) is 18.4. The fourth-order valence-corrected chi connectivity index (χ4v) is 6.48. The van der Waals surface area contributed by atoms with Gasteiger partial charge in [0.05, 0.1) is 17.2 Å². The Balaban J connectivity index is 1.73. The average Bonchev–Trinajstić information content (AvgIpc) is 3.32. The average molecular weight is 573 g/mol. The highest BCUT2D eigenvalue weighted by Gasteiger charge is 2.53. The van der Waals surface area contributed by atoms with Gasteiger partial charge >= 0.3 is 13.2 Å². The van der Waals surface area contributed by atoms with Crippen LogP contribution in [0.25, 0.3) is 11.0 Å². The Morgan fingerprint density at radius 3 is 2.45 bits per heavy atom. The Morgan fingerprint density at radius 2 is 1.88 bits per heavy atom. The Bertz CT molecular complexity index is 1200. The predicted octanol–water partition coefficient (Wildman–Crippen LogP) is 5.62. The number of likely N-dealkylation sites (tertiary alicyclic amines) is 1. The molecule has 2 aromatic heterocycles. The summed E-state index contributed by atoms with van der Waals surface area (Å²) in [5.74, 6) is 0. The van der Waals surface area contributed by atoms with E-state index in [4.69, 9.17) is 19.0 Å². The molecule has 2 aliphatic heterocycles. The predicted molar refractivity (Wildman–Crippen MR) is 164 cm³/mol. The molecule has 2 aliphatic rings. The van der Waals surface area contributed by atoms with E-state index in [1.165, 1.54) is 0 Å². The van der Waals surface area contributed by atoms with Crippen LogP contribution < -0.4 is 10.8 Å². The minimum absolute atomic E-state index is 0.0898. The summed E-state index contributed by atoms with van der Waals surface area (Å²) in [5.41, 5.74) is 1.26. The first-order valence-electron chi connectivity index (χ1n) is 14.6. The van der Waals surface area contributed by atoms with Gasteiger partial charge in [0.2, 0.25) is 0 Å². The quantitative estimate of drug-likeness (QED) is 0.313. The van der Waals surface area contributed by atoms with Crippen LogP contribution in [0.4, 0.5) is 10.5 Å². The van der Waals surface area contributed by atoms with Crippen molar-refractivity contribution in [3.8, 4) is 0 Å². The summed E-state index contributed by atoms with van der Waals surface area (Å²) in [6.45, 7) is 23.2. The van der Waals surface area contributed by atoms with Gasteiger partial charge < -0.3 is 33.9 Å². The van der Waals surface area contributed by atoms with E-state index in [-0.39, 0.29) is 17.5 Å². The van der Waals surface area contributed by atoms with Crippen LogP contribution in [0.1, 0.15) is 61.3 Å². The molecule has 2 fully saturated rings. The number of nitrogens with zero attached hydrogens (tertiary/aromatic N) is 3. The summed E-state index contributed by atoms with van der Waals surface area (Å²) in [6, 6.07) is 2.87. The fourth-order valence-electron chi connectivity index (χ4n) is 5.73. The highest BCUT2D eigenvalue weighted by molar-refractivity contribution is 6.76. The number of hydrogen-bond donors (Lipinski definition) is 2. The van der Waals surface area contributed by atoms with Crippen molar-refractivity contribution in [2.45, 2.75) is 117 Å². The highest BCUT2D eigenvalue weighted by Crippen LogP contribution is 2.39. The van der Waals surface area contributed by atoms with Gasteiger partial charge in [-0.3, -0.25) is 0 Å². The van der Waals surface area contributed by atoms with Crippen LogP contribution in [-0.4, -0.2) is 77.3 Å². The third-order valence-electron chi connectivity index (χ3n) is 8.65. The van der Waals surface area contributed by atoms with Gasteiger partial charge in [0.25, 0.3) is 0 Å². The van der Waals surface area contributed by atoms with Gasteiger partial charge in [0.1, 0.15) is 12.4 Å². The summed E-state index contributed by atoms with van der Waals surface area (Å²) in [6.07, 6.45) is 4.63. The number of anilines is 1. The van der Waals surface area contributed by atoms with Gasteiger partial charge in [-0.25, -0.2) is 9.78 Å². The van der Waals surface area contributed by atoms with Crippen molar-refractivity contribution in [1.29, 1.82) is 0 Å². The maximum absolute atomic E-state index is 12.3. The lowest BCUT2D eigenvalue weighted by Gasteiger charge is -2.47. The molecule has 1 amide bonds. The maximum atomic E-state index is 12.3. The number of fused-ring (bicyclic) bond motifs is 1. The zero-order chi connectivity index (χ0) is 29.7. The number of nitrogens with one attached hydrogen (secondary N) is 1. The number of amides is 1. The Labute approximate surface area is 241 Å². The molecule has 0 bridgehead atoms. The molecule has 11 heteroatoms. The largest absolute Gasteiger partial charge is 0.498 e. The van der Waals surface area contributed by atoms with E-state index in [2.05, 4.69) is 51.8 Å². The van der Waals surface area contributed by atoms with Crippen molar-refractivity contribution >= 4 is 43.5 Å². The van der Waals surface area contributed by atoms with Crippen LogP contribution in [0.2, 0.25) is 25.7 Å². The van der Waals surface area contributed by atoms with Crippen LogP contribution in [0.15, 0.2) is 18.5 Å². The first-order valence-corrected chi connectivity index (χ1v) is 18.3. The monoisotopic (exact) mass is 572 g/mol. The number of piperidine rings is 1. The second-order valence-corrected chi connectivity index (χ2v) is 20.3. The number of hydrogen-bond acceptors (Lipinski definition) is 6. The first kappa shape index (κ1) is 30.9. The summed E-state index contributed by atoms with van der Waals surface area (Å²) in [4.78, 5) is 18.7. The van der Waals surface area contributed by atoms with E-state index in [0.717, 1.165) is 47.7 Å². The normalized spacial score (nSPS) is 23.1. The Morgan fingerprint density at radius 1 is 1.23 bits per heavy atom. The van der Waals surface area contributed by atoms with Crippen LogP contribution >= 0.6 is 0 Å². The molecule has 2 N–H and O–H groups in total. The zero-order valence-electron chi connectivity index (χ0n) is 26.1. The molecule has 0 saturated carbocycles. The van der Waals surface area contributed by atoms with Crippen molar-refractivity contribution in [2.75, 3.05) is 18.5 Å². The van der Waals surface area contributed by atoms with Gasteiger partial charge in [-0.2, -0.15) is 0 Å². The second-order valence-electron chi connectivity index (χ2n) is 14.7. The van der Waals surface area contributed by atoms with E-state index < -0.39 is 32.5 Å². The van der Waals surface area contributed by atoms with E-state index >= 15 is 0 Å². The van der Waals surface area contributed by atoms with Crippen molar-refractivity contribution in [3.63, 3.8) is 0 Å². The summed E-state index contributed by atoms with van der Waals surface area (Å²) >= 11 is 0. The van der Waals surface area contributed by atoms with Crippen LogP contribution in [-0.2, 0) is 20.8 Å². The lowest BCUT2D eigenvalue weighted by atomic mass is 9.75. The standard InChI is InChI=1S/C29H49BN4O5Si/c1-27(2,3)24-22(12-11-14-34(24)26(35)36)32-23-20-13-15-33(19-37-16-17-40(8,9)10)25(20)31-18-21(23)30-38-28(4,5)29(6,7)39-30/h13,15,18,22,24H,11-12,14,16-17,19H2,1-10H3,(H,31,32)(H,35,36). The Kier molecular flexibility index (Phi) is 8.46. The number of carboxylic acid groups (broad SMARTS) is 1. The number of rotatable bonds is 8. The van der Waals surface area contributed by atoms with Crippen LogP contribution in [0, 0.1) is 5.41 Å². The lowest BCUT2D eigenvalue weighted by molar-refractivity contribution is 0.00578. The molecule has 0 spiro atoms. The van der Waals surface area contributed by atoms with Crippen molar-refractivity contribution < 1.29 is 23.9 Å². The summed E-state index contributed by atoms with van der Waals surface area (Å²) in [7, 11) is -1.79. The van der Waals surface area contributed by atoms with E-state index in [9.17, 15) is 9.90 Å². The number of ether oxygens (including phenoxy) is 1. The topological polar surface area (TPSA) is 98.1 Å². The molecule has 222 valence electrons. The van der Waals surface area contributed by atoms with E-state index in [0.29, 0.717) is 13.3 Å². The SMILES string of the molecule is CC(C)(C)C1C(Nc2c(B3OC(C)(C)C(C)(C)O3)cnc3c2ccn3COCC[Si](C)(C)C)CCCN1C(=O)O. The maximum Gasteiger partial charge on any atom is 0.498 e. The third kappa shape index (κ3) is 6.37. The molecule has 2 saturated heterocycles. The fraction of sp³-hybridized carbons (Fsp3) is 0.724. The molecule has 2 aromatic rings. The zero-order valence-corrected chi connectivity index (χ0v) is 27.1. The molecular weight excluding hydrogens is 523 g/mol. The highest BCUT2D eigenvalue weighted by atomic mass is 28.3. The van der Waals surface area contributed by atoms with Gasteiger partial charge in [0.15, 0.2) is 0 Å². The van der Waals surface area contributed by atoms with Gasteiger partial charge in [-0.05, 0) is 58.1 Å². The molecular formula is C29H49BN4O5Si. The van der Waals surface area contributed by atoms with Crippen molar-refractivity contribution in [1.82, 2.24) is 14.5 Å². The number of aromatic nitrogens is 2. The minimum atomic E-state index is -1.18. The number of carbonyl (C=O) groups is 1. The van der Waals surface area contributed by atoms with Gasteiger partial charge in [0, 0.05) is 56.2 Å².